The number of anilines is 1. The largest absolute Gasteiger partial charge is 0.497 e. The van der Waals surface area contributed by atoms with E-state index in [9.17, 15) is 14.0 Å². The van der Waals surface area contributed by atoms with Crippen molar-refractivity contribution in [2.24, 2.45) is 0 Å². The summed E-state index contributed by atoms with van der Waals surface area (Å²) in [5, 5.41) is 3.13. The maximum atomic E-state index is 14.2. The van der Waals surface area contributed by atoms with Crippen LogP contribution in [0.25, 0.3) is 0 Å². The Morgan fingerprint density at radius 1 is 0.919 bits per heavy atom. The van der Waals surface area contributed by atoms with E-state index in [-0.39, 0.29) is 24.8 Å². The second-order valence-corrected chi connectivity index (χ2v) is 8.60. The van der Waals surface area contributed by atoms with Crippen molar-refractivity contribution in [3.05, 3.63) is 109 Å². The molecule has 10 heteroatoms. The lowest BCUT2D eigenvalue weighted by atomic mass is 10.1. The van der Waals surface area contributed by atoms with E-state index in [1.54, 1.807) is 31.5 Å². The van der Waals surface area contributed by atoms with Gasteiger partial charge in [0.05, 0.1) is 27.3 Å². The van der Waals surface area contributed by atoms with Crippen LogP contribution in [0, 0.1) is 19.7 Å². The minimum absolute atomic E-state index is 0.0755. The lowest BCUT2D eigenvalue weighted by molar-refractivity contribution is 0.386. The lowest BCUT2D eigenvalue weighted by Gasteiger charge is -2.16. The maximum Gasteiger partial charge on any atom is 0.355 e. The lowest BCUT2D eigenvalue weighted by Crippen LogP contribution is -2.43. The maximum absolute atomic E-state index is 14.2. The molecule has 0 fully saturated rings. The molecule has 0 radical (unpaired) electrons. The van der Waals surface area contributed by atoms with E-state index in [4.69, 9.17) is 9.47 Å². The summed E-state index contributed by atoms with van der Waals surface area (Å²) < 4.78 is 26.8. The fourth-order valence-corrected chi connectivity index (χ4v) is 3.93. The summed E-state index contributed by atoms with van der Waals surface area (Å²) in [7, 11) is 2.94. The minimum Gasteiger partial charge on any atom is -0.497 e. The average Bonchev–Trinajstić information content (AvgIpc) is 2.88. The Morgan fingerprint density at radius 2 is 1.62 bits per heavy atom. The molecule has 192 valence electrons. The Bertz CT molecular complexity index is 1530. The molecular weight excluding hydrogens is 477 g/mol. The number of hydrogen-bond acceptors (Lipinski definition) is 7. The minimum atomic E-state index is -0.742. The van der Waals surface area contributed by atoms with Crippen molar-refractivity contribution in [2.45, 2.75) is 33.5 Å². The van der Waals surface area contributed by atoms with E-state index < -0.39 is 17.2 Å². The zero-order chi connectivity index (χ0) is 26.5. The van der Waals surface area contributed by atoms with E-state index in [2.05, 4.69) is 15.3 Å². The van der Waals surface area contributed by atoms with Crippen molar-refractivity contribution in [3.63, 3.8) is 0 Å². The summed E-state index contributed by atoms with van der Waals surface area (Å²) in [6.07, 6.45) is 1.75. The van der Waals surface area contributed by atoms with Crippen LogP contribution in [-0.2, 0) is 19.6 Å². The molecule has 0 spiro atoms. The molecule has 9 nitrogen and oxygen atoms in total. The van der Waals surface area contributed by atoms with Crippen LogP contribution in [0.5, 0.6) is 11.5 Å². The van der Waals surface area contributed by atoms with E-state index in [0.717, 1.165) is 27.0 Å². The van der Waals surface area contributed by atoms with Gasteiger partial charge in [0.15, 0.2) is 11.6 Å². The molecule has 1 N–H and O–H groups in total. The van der Waals surface area contributed by atoms with Crippen LogP contribution in [0.3, 0.4) is 0 Å². The molecule has 0 aliphatic heterocycles. The van der Waals surface area contributed by atoms with Gasteiger partial charge in [0, 0.05) is 18.4 Å². The Labute approximate surface area is 213 Å². The third-order valence-corrected chi connectivity index (χ3v) is 6.00. The second-order valence-electron chi connectivity index (χ2n) is 8.60. The zero-order valence-electron chi connectivity index (χ0n) is 21.1. The molecule has 2 aromatic carbocycles. The number of rotatable bonds is 9. The van der Waals surface area contributed by atoms with E-state index in [1.807, 2.05) is 32.0 Å². The van der Waals surface area contributed by atoms with Gasteiger partial charge in [0.2, 0.25) is 5.95 Å². The highest BCUT2D eigenvalue weighted by Gasteiger charge is 2.16. The molecule has 0 saturated carbocycles. The molecule has 4 rings (SSSR count). The molecule has 0 aliphatic rings. The topological polar surface area (TPSA) is 100 Å². The SMILES string of the molecule is COc1ccc(Cn2c(NCc3cnc(C)cc3C)nc(=O)n(Cc3ccc(OC)c(F)c3)c2=O)cc1. The Hall–Kier alpha value is -4.47. The van der Waals surface area contributed by atoms with Crippen LogP contribution in [-0.4, -0.2) is 33.3 Å². The Morgan fingerprint density at radius 3 is 2.27 bits per heavy atom. The highest BCUT2D eigenvalue weighted by atomic mass is 19.1. The third-order valence-electron chi connectivity index (χ3n) is 6.00. The molecule has 37 heavy (non-hydrogen) atoms. The van der Waals surface area contributed by atoms with Gasteiger partial charge in [-0.25, -0.2) is 18.5 Å². The standard InChI is InChI=1S/C27H28FN5O4/c1-17-11-18(2)29-13-21(17)14-30-25-31-26(34)33(16-20-7-10-24(37-4)23(28)12-20)27(35)32(25)15-19-5-8-22(36-3)9-6-19/h5-13H,14-16H2,1-4H3,(H,30,31,34). The van der Waals surface area contributed by atoms with Crippen molar-refractivity contribution >= 4 is 5.95 Å². The number of nitrogens with one attached hydrogen (secondary N) is 1. The van der Waals surface area contributed by atoms with Crippen LogP contribution >= 0.6 is 0 Å². The van der Waals surface area contributed by atoms with Gasteiger partial charge in [-0.1, -0.05) is 18.2 Å². The van der Waals surface area contributed by atoms with Crippen LogP contribution in [0.15, 0.2) is 64.3 Å². The van der Waals surface area contributed by atoms with Gasteiger partial charge in [0.25, 0.3) is 0 Å². The first kappa shape index (κ1) is 25.6. The quantitative estimate of drug-likeness (QED) is 0.373. The summed E-state index contributed by atoms with van der Waals surface area (Å²) in [6.45, 7) is 4.21. The summed E-state index contributed by atoms with van der Waals surface area (Å²) >= 11 is 0. The van der Waals surface area contributed by atoms with Crippen molar-refractivity contribution < 1.29 is 13.9 Å². The zero-order valence-corrected chi connectivity index (χ0v) is 21.1. The number of halogens is 1. The van der Waals surface area contributed by atoms with Gasteiger partial charge in [0.1, 0.15) is 5.75 Å². The van der Waals surface area contributed by atoms with Crippen LogP contribution < -0.4 is 26.2 Å². The number of ether oxygens (including phenoxy) is 2. The number of methoxy groups -OCH3 is 2. The second kappa shape index (κ2) is 11.1. The van der Waals surface area contributed by atoms with Crippen molar-refractivity contribution in [2.75, 3.05) is 19.5 Å². The first-order valence-electron chi connectivity index (χ1n) is 11.6. The smallest absolute Gasteiger partial charge is 0.355 e. The number of pyridine rings is 1. The number of nitrogens with zero attached hydrogens (tertiary/aromatic N) is 4. The Kier molecular flexibility index (Phi) is 7.66. The van der Waals surface area contributed by atoms with Crippen molar-refractivity contribution in [3.8, 4) is 11.5 Å². The van der Waals surface area contributed by atoms with E-state index >= 15 is 0 Å². The predicted molar refractivity (Wildman–Crippen MR) is 138 cm³/mol. The molecule has 2 heterocycles. The molecule has 0 saturated heterocycles. The molecule has 2 aromatic heterocycles. The fraction of sp³-hybridized carbons (Fsp3) is 0.259. The molecule has 4 aromatic rings. The molecule has 0 aliphatic carbocycles. The van der Waals surface area contributed by atoms with Crippen LogP contribution in [0.2, 0.25) is 0 Å². The monoisotopic (exact) mass is 505 g/mol. The van der Waals surface area contributed by atoms with Crippen LogP contribution in [0.1, 0.15) is 27.9 Å². The average molecular weight is 506 g/mol. The summed E-state index contributed by atoms with van der Waals surface area (Å²) in [6, 6.07) is 13.5. The summed E-state index contributed by atoms with van der Waals surface area (Å²) in [5.74, 6) is 0.302. The number of aryl methyl sites for hydroxylation is 2. The van der Waals surface area contributed by atoms with Gasteiger partial charge in [-0.3, -0.25) is 9.55 Å². The predicted octanol–water partition coefficient (Wildman–Crippen LogP) is 3.28. The summed E-state index contributed by atoms with van der Waals surface area (Å²) in [4.78, 5) is 35.0. The van der Waals surface area contributed by atoms with Gasteiger partial charge in [-0.15, -0.1) is 0 Å². The van der Waals surface area contributed by atoms with E-state index in [0.29, 0.717) is 17.9 Å². The van der Waals surface area contributed by atoms with Gasteiger partial charge in [-0.05, 0) is 66.4 Å². The van der Waals surface area contributed by atoms with Crippen LogP contribution in [0.4, 0.5) is 10.3 Å². The molecular formula is C27H28FN5O4. The number of benzene rings is 2. The fourth-order valence-electron chi connectivity index (χ4n) is 3.93. The molecule has 0 unspecified atom stereocenters. The molecule has 0 bridgehead atoms. The van der Waals surface area contributed by atoms with Crippen molar-refractivity contribution in [1.82, 2.24) is 19.1 Å². The molecule has 0 atom stereocenters. The normalized spacial score (nSPS) is 10.8. The third kappa shape index (κ3) is 5.85. The molecule has 0 amide bonds. The van der Waals surface area contributed by atoms with Crippen molar-refractivity contribution in [1.29, 1.82) is 0 Å². The van der Waals surface area contributed by atoms with Gasteiger partial charge in [-0.2, -0.15) is 4.98 Å². The van der Waals surface area contributed by atoms with Gasteiger partial charge >= 0.3 is 11.4 Å². The van der Waals surface area contributed by atoms with Gasteiger partial charge < -0.3 is 14.8 Å². The first-order chi connectivity index (χ1) is 17.8. The number of aromatic nitrogens is 4. The summed E-state index contributed by atoms with van der Waals surface area (Å²) in [5.41, 5.74) is 2.75. The highest BCUT2D eigenvalue weighted by Crippen LogP contribution is 2.18. The highest BCUT2D eigenvalue weighted by molar-refractivity contribution is 5.34. The Balaban J connectivity index is 1.72. The number of hydrogen-bond donors (Lipinski definition) is 1. The first-order valence-corrected chi connectivity index (χ1v) is 11.6. The van der Waals surface area contributed by atoms with E-state index in [1.165, 1.54) is 23.8 Å².